The zero-order chi connectivity index (χ0) is 16.6. The van der Waals surface area contributed by atoms with Crippen LogP contribution in [0, 0.1) is 0 Å². The predicted molar refractivity (Wildman–Crippen MR) is 95.1 cm³/mol. The fourth-order valence-electron chi connectivity index (χ4n) is 3.58. The van der Waals surface area contributed by atoms with E-state index in [1.165, 1.54) is 5.56 Å². The number of amides is 2. The first-order chi connectivity index (χ1) is 11.6. The second kappa shape index (κ2) is 5.67. The van der Waals surface area contributed by atoms with Crippen molar-refractivity contribution in [3.05, 3.63) is 60.3 Å². The molecule has 4 rings (SSSR count). The largest absolute Gasteiger partial charge is 0.335 e. The number of anilines is 1. The number of aromatic nitrogens is 2. The summed E-state index contributed by atoms with van der Waals surface area (Å²) in [5.74, 6) is 0. The first-order valence-corrected chi connectivity index (χ1v) is 8.19. The van der Waals surface area contributed by atoms with Crippen LogP contribution in [0.4, 0.5) is 10.5 Å². The van der Waals surface area contributed by atoms with Gasteiger partial charge in [-0.25, -0.2) is 4.79 Å². The van der Waals surface area contributed by atoms with Crippen molar-refractivity contribution < 1.29 is 4.79 Å². The zero-order valence-corrected chi connectivity index (χ0v) is 13.5. The SMILES string of the molecule is CC1(c2ccccc2)CC(NC(=O)Nc2ccc3[nH]ncc3c2)C1. The molecule has 0 spiro atoms. The van der Waals surface area contributed by atoms with Crippen molar-refractivity contribution >= 4 is 22.6 Å². The monoisotopic (exact) mass is 320 g/mol. The molecule has 2 aromatic carbocycles. The van der Waals surface area contributed by atoms with Crippen LogP contribution < -0.4 is 10.6 Å². The summed E-state index contributed by atoms with van der Waals surface area (Å²) in [6, 6.07) is 16.2. The number of hydrogen-bond donors (Lipinski definition) is 3. The normalized spacial score (nSPS) is 22.8. The number of benzene rings is 2. The van der Waals surface area contributed by atoms with Crippen LogP contribution in [0.2, 0.25) is 0 Å². The van der Waals surface area contributed by atoms with E-state index in [1.807, 2.05) is 24.3 Å². The summed E-state index contributed by atoms with van der Waals surface area (Å²) in [5, 5.41) is 13.8. The molecule has 1 aromatic heterocycles. The minimum atomic E-state index is -0.155. The molecule has 0 unspecified atom stereocenters. The maximum atomic E-state index is 12.2. The Bertz CT molecular complexity index is 865. The second-order valence-corrected chi connectivity index (χ2v) is 6.80. The Morgan fingerprint density at radius 1 is 1.21 bits per heavy atom. The van der Waals surface area contributed by atoms with Crippen LogP contribution in [0.25, 0.3) is 10.9 Å². The molecule has 1 fully saturated rings. The van der Waals surface area contributed by atoms with E-state index in [4.69, 9.17) is 0 Å². The molecule has 0 saturated heterocycles. The quantitative estimate of drug-likeness (QED) is 0.687. The van der Waals surface area contributed by atoms with Gasteiger partial charge >= 0.3 is 6.03 Å². The van der Waals surface area contributed by atoms with Crippen molar-refractivity contribution in [1.29, 1.82) is 0 Å². The van der Waals surface area contributed by atoms with Crippen molar-refractivity contribution in [2.45, 2.75) is 31.2 Å². The topological polar surface area (TPSA) is 69.8 Å². The number of rotatable bonds is 3. The third kappa shape index (κ3) is 2.73. The van der Waals surface area contributed by atoms with Crippen LogP contribution in [0.5, 0.6) is 0 Å². The summed E-state index contributed by atoms with van der Waals surface area (Å²) in [6.07, 6.45) is 3.67. The van der Waals surface area contributed by atoms with Crippen molar-refractivity contribution in [1.82, 2.24) is 15.5 Å². The van der Waals surface area contributed by atoms with Gasteiger partial charge in [-0.05, 0) is 42.0 Å². The number of aromatic amines is 1. The van der Waals surface area contributed by atoms with E-state index in [9.17, 15) is 4.79 Å². The van der Waals surface area contributed by atoms with Crippen molar-refractivity contribution in [2.24, 2.45) is 0 Å². The standard InChI is InChI=1S/C19H20N4O/c1-19(14-5-3-2-4-6-14)10-16(11-19)22-18(24)21-15-7-8-17-13(9-15)12-20-23-17/h2-9,12,16H,10-11H2,1H3,(H,20,23)(H2,21,22,24). The minimum Gasteiger partial charge on any atom is -0.335 e. The van der Waals surface area contributed by atoms with E-state index in [0.29, 0.717) is 0 Å². The molecule has 122 valence electrons. The molecule has 3 N–H and O–H groups in total. The van der Waals surface area contributed by atoms with E-state index in [-0.39, 0.29) is 17.5 Å². The average molecular weight is 320 g/mol. The van der Waals surface area contributed by atoms with Gasteiger partial charge in [0.25, 0.3) is 0 Å². The number of H-pyrrole nitrogens is 1. The van der Waals surface area contributed by atoms with E-state index >= 15 is 0 Å². The minimum absolute atomic E-state index is 0.155. The molecular formula is C19H20N4O. The molecule has 5 nitrogen and oxygen atoms in total. The molecule has 1 aliphatic carbocycles. The number of carbonyl (C=O) groups is 1. The fourth-order valence-corrected chi connectivity index (χ4v) is 3.58. The zero-order valence-electron chi connectivity index (χ0n) is 13.5. The van der Waals surface area contributed by atoms with Gasteiger partial charge in [-0.3, -0.25) is 5.10 Å². The van der Waals surface area contributed by atoms with E-state index in [0.717, 1.165) is 29.4 Å². The summed E-state index contributed by atoms with van der Waals surface area (Å²) in [7, 11) is 0. The van der Waals surface area contributed by atoms with Crippen LogP contribution in [0.15, 0.2) is 54.7 Å². The van der Waals surface area contributed by atoms with Crippen molar-refractivity contribution in [3.8, 4) is 0 Å². The molecule has 5 heteroatoms. The summed E-state index contributed by atoms with van der Waals surface area (Å²) in [6.45, 7) is 2.26. The van der Waals surface area contributed by atoms with Crippen LogP contribution in [0.1, 0.15) is 25.3 Å². The smallest absolute Gasteiger partial charge is 0.319 e. The highest BCUT2D eigenvalue weighted by Gasteiger charge is 2.42. The molecule has 0 aliphatic heterocycles. The molecule has 0 atom stereocenters. The van der Waals surface area contributed by atoms with Crippen molar-refractivity contribution in [2.75, 3.05) is 5.32 Å². The highest BCUT2D eigenvalue weighted by Crippen LogP contribution is 2.43. The van der Waals surface area contributed by atoms with Gasteiger partial charge in [-0.15, -0.1) is 0 Å². The fraction of sp³-hybridized carbons (Fsp3) is 0.263. The Kier molecular flexibility index (Phi) is 3.49. The van der Waals surface area contributed by atoms with Gasteiger partial charge < -0.3 is 10.6 Å². The lowest BCUT2D eigenvalue weighted by atomic mass is 9.63. The molecule has 0 radical (unpaired) electrons. The van der Waals surface area contributed by atoms with Gasteiger partial charge in [0, 0.05) is 17.1 Å². The van der Waals surface area contributed by atoms with Gasteiger partial charge in [-0.1, -0.05) is 37.3 Å². The van der Waals surface area contributed by atoms with E-state index in [2.05, 4.69) is 52.0 Å². The number of nitrogens with zero attached hydrogens (tertiary/aromatic N) is 1. The van der Waals surface area contributed by atoms with Crippen LogP contribution in [-0.4, -0.2) is 22.3 Å². The van der Waals surface area contributed by atoms with Gasteiger partial charge in [0.2, 0.25) is 0 Å². The lowest BCUT2D eigenvalue weighted by molar-refractivity contribution is 0.189. The van der Waals surface area contributed by atoms with Gasteiger partial charge in [0.15, 0.2) is 0 Å². The summed E-state index contributed by atoms with van der Waals surface area (Å²) in [5.41, 5.74) is 3.23. The predicted octanol–water partition coefficient (Wildman–Crippen LogP) is 3.80. The molecule has 2 amide bonds. The second-order valence-electron chi connectivity index (χ2n) is 6.80. The van der Waals surface area contributed by atoms with Gasteiger partial charge in [0.1, 0.15) is 0 Å². The molecular weight excluding hydrogens is 300 g/mol. The van der Waals surface area contributed by atoms with Gasteiger partial charge in [-0.2, -0.15) is 5.10 Å². The van der Waals surface area contributed by atoms with Crippen LogP contribution in [-0.2, 0) is 5.41 Å². The van der Waals surface area contributed by atoms with E-state index in [1.54, 1.807) is 6.20 Å². The number of urea groups is 1. The van der Waals surface area contributed by atoms with Crippen LogP contribution >= 0.6 is 0 Å². The maximum absolute atomic E-state index is 12.2. The highest BCUT2D eigenvalue weighted by atomic mass is 16.2. The Morgan fingerprint density at radius 3 is 2.79 bits per heavy atom. The molecule has 3 aromatic rings. The lowest BCUT2D eigenvalue weighted by Crippen LogP contribution is -2.52. The number of carbonyl (C=O) groups excluding carboxylic acids is 1. The molecule has 1 heterocycles. The van der Waals surface area contributed by atoms with Crippen molar-refractivity contribution in [3.63, 3.8) is 0 Å². The number of hydrogen-bond acceptors (Lipinski definition) is 2. The Hall–Kier alpha value is -2.82. The Balaban J connectivity index is 1.34. The highest BCUT2D eigenvalue weighted by molar-refractivity contribution is 5.92. The summed E-state index contributed by atoms with van der Waals surface area (Å²) in [4.78, 5) is 12.2. The molecule has 1 saturated carbocycles. The third-order valence-electron chi connectivity index (χ3n) is 4.90. The number of fused-ring (bicyclic) bond motifs is 1. The molecule has 1 aliphatic rings. The average Bonchev–Trinajstić information content (AvgIpc) is 3.01. The van der Waals surface area contributed by atoms with Crippen LogP contribution in [0.3, 0.4) is 0 Å². The van der Waals surface area contributed by atoms with E-state index < -0.39 is 0 Å². The Labute approximate surface area is 140 Å². The summed E-state index contributed by atoms with van der Waals surface area (Å²) >= 11 is 0. The third-order valence-corrected chi connectivity index (χ3v) is 4.90. The molecule has 24 heavy (non-hydrogen) atoms. The summed E-state index contributed by atoms with van der Waals surface area (Å²) < 4.78 is 0. The number of nitrogens with one attached hydrogen (secondary N) is 3. The van der Waals surface area contributed by atoms with Gasteiger partial charge in [0.05, 0.1) is 11.7 Å². The Morgan fingerprint density at radius 2 is 2.00 bits per heavy atom. The first kappa shape index (κ1) is 14.8. The lowest BCUT2D eigenvalue weighted by Gasteiger charge is -2.46. The molecule has 0 bridgehead atoms. The first-order valence-electron chi connectivity index (χ1n) is 8.19. The maximum Gasteiger partial charge on any atom is 0.319 e.